The van der Waals surface area contributed by atoms with E-state index in [1.165, 1.54) is 6.07 Å². The summed E-state index contributed by atoms with van der Waals surface area (Å²) in [6, 6.07) is 9.55. The number of benzene rings is 2. The second-order valence-electron chi connectivity index (χ2n) is 5.57. The molecule has 0 saturated carbocycles. The van der Waals surface area contributed by atoms with Crippen LogP contribution in [0.3, 0.4) is 0 Å². The molecule has 28 heavy (non-hydrogen) atoms. The second kappa shape index (κ2) is 8.72. The molecule has 2 aromatic carbocycles. The maximum Gasteiger partial charge on any atom is 0.359 e. The fraction of sp³-hybridized carbons (Fsp3) is 0.0556. The van der Waals surface area contributed by atoms with Crippen molar-refractivity contribution in [2.24, 2.45) is 0 Å². The molecule has 5 nitrogen and oxygen atoms in total. The van der Waals surface area contributed by atoms with Crippen molar-refractivity contribution in [3.63, 3.8) is 0 Å². The van der Waals surface area contributed by atoms with E-state index in [1.807, 2.05) is 0 Å². The van der Waals surface area contributed by atoms with Crippen molar-refractivity contribution in [3.05, 3.63) is 72.8 Å². The molecule has 1 aromatic heterocycles. The van der Waals surface area contributed by atoms with Gasteiger partial charge in [-0.15, -0.1) is 0 Å². The topological polar surface area (TPSA) is 78.1 Å². The van der Waals surface area contributed by atoms with E-state index >= 15 is 0 Å². The van der Waals surface area contributed by atoms with Gasteiger partial charge in [0.1, 0.15) is 17.4 Å². The Balaban J connectivity index is 1.90. The third kappa shape index (κ3) is 4.80. The summed E-state index contributed by atoms with van der Waals surface area (Å²) in [5.74, 6) is -0.765. The van der Waals surface area contributed by atoms with Crippen LogP contribution in [0.1, 0.15) is 16.1 Å². The predicted molar refractivity (Wildman–Crippen MR) is 112 cm³/mol. The lowest BCUT2D eigenvalue weighted by Crippen LogP contribution is -2.12. The van der Waals surface area contributed by atoms with Crippen molar-refractivity contribution in [3.8, 4) is 11.4 Å². The highest BCUT2D eigenvalue weighted by molar-refractivity contribution is 6.37. The van der Waals surface area contributed by atoms with E-state index in [0.717, 1.165) is 0 Å². The summed E-state index contributed by atoms with van der Waals surface area (Å²) in [6.45, 7) is -0.0869. The van der Waals surface area contributed by atoms with E-state index in [4.69, 9.17) is 68.5 Å². The van der Waals surface area contributed by atoms with Gasteiger partial charge in [0, 0.05) is 20.6 Å². The van der Waals surface area contributed by atoms with Crippen LogP contribution in [0.2, 0.25) is 25.1 Å². The number of aromatic nitrogens is 2. The first-order chi connectivity index (χ1) is 13.2. The van der Waals surface area contributed by atoms with E-state index in [9.17, 15) is 4.79 Å². The Labute approximate surface area is 185 Å². The van der Waals surface area contributed by atoms with Crippen molar-refractivity contribution in [1.82, 2.24) is 9.97 Å². The number of rotatable bonds is 4. The number of halogens is 5. The summed E-state index contributed by atoms with van der Waals surface area (Å²) in [6.07, 6.45) is 0. The van der Waals surface area contributed by atoms with Crippen LogP contribution in [0.5, 0.6) is 0 Å². The van der Waals surface area contributed by atoms with Crippen LogP contribution in [-0.4, -0.2) is 15.9 Å². The van der Waals surface area contributed by atoms with E-state index in [1.54, 1.807) is 30.3 Å². The van der Waals surface area contributed by atoms with Gasteiger partial charge in [-0.05, 0) is 42.0 Å². The molecule has 1 heterocycles. The van der Waals surface area contributed by atoms with E-state index in [2.05, 4.69) is 9.97 Å². The second-order valence-corrected chi connectivity index (χ2v) is 7.67. The standard InChI is InChI=1S/C18H10Cl5N3O2/c19-9-1-2-12(13(22)6-9)17-25-15(14(23)16(24)26-17)18(27)28-7-8-3-10(20)5-11(21)4-8/h1-6H,7H2,(H2,24,25,26). The lowest BCUT2D eigenvalue weighted by atomic mass is 10.2. The highest BCUT2D eigenvalue weighted by Crippen LogP contribution is 2.31. The zero-order chi connectivity index (χ0) is 20.4. The maximum atomic E-state index is 12.5. The quantitative estimate of drug-likeness (QED) is 0.443. The molecule has 0 spiro atoms. The van der Waals surface area contributed by atoms with E-state index in [0.29, 0.717) is 31.2 Å². The van der Waals surface area contributed by atoms with Gasteiger partial charge in [-0.3, -0.25) is 0 Å². The number of anilines is 1. The fourth-order valence-electron chi connectivity index (χ4n) is 2.30. The predicted octanol–water partition coefficient (Wildman–Crippen LogP) is 6.35. The number of carbonyl (C=O) groups is 1. The number of nitrogens with zero attached hydrogens (tertiary/aromatic N) is 2. The molecule has 0 atom stereocenters. The molecule has 0 aliphatic heterocycles. The van der Waals surface area contributed by atoms with Crippen LogP contribution in [-0.2, 0) is 11.3 Å². The average molecular weight is 478 g/mol. The van der Waals surface area contributed by atoms with Crippen LogP contribution in [0.25, 0.3) is 11.4 Å². The monoisotopic (exact) mass is 475 g/mol. The molecule has 0 aliphatic carbocycles. The number of esters is 1. The average Bonchev–Trinajstić information content (AvgIpc) is 2.61. The Bertz CT molecular complexity index is 1060. The van der Waals surface area contributed by atoms with Gasteiger partial charge in [0.15, 0.2) is 11.5 Å². The summed E-state index contributed by atoms with van der Waals surface area (Å²) in [5.41, 5.74) is 6.67. The van der Waals surface area contributed by atoms with Crippen LogP contribution in [0.15, 0.2) is 36.4 Å². The Kier molecular flexibility index (Phi) is 6.53. The van der Waals surface area contributed by atoms with Crippen molar-refractivity contribution < 1.29 is 9.53 Å². The number of hydrogen-bond acceptors (Lipinski definition) is 5. The smallest absolute Gasteiger partial charge is 0.359 e. The highest BCUT2D eigenvalue weighted by Gasteiger charge is 2.21. The van der Waals surface area contributed by atoms with Gasteiger partial charge in [-0.1, -0.05) is 58.0 Å². The van der Waals surface area contributed by atoms with Gasteiger partial charge < -0.3 is 10.5 Å². The molecule has 2 N–H and O–H groups in total. The van der Waals surface area contributed by atoms with Gasteiger partial charge >= 0.3 is 5.97 Å². The Hall–Kier alpha value is -1.76. The number of hydrogen-bond donors (Lipinski definition) is 1. The SMILES string of the molecule is Nc1nc(-c2ccc(Cl)cc2Cl)nc(C(=O)OCc2cc(Cl)cc(Cl)c2)c1Cl. The van der Waals surface area contributed by atoms with Crippen LogP contribution in [0, 0.1) is 0 Å². The van der Waals surface area contributed by atoms with E-state index in [-0.39, 0.29) is 29.0 Å². The molecule has 0 saturated heterocycles. The van der Waals surface area contributed by atoms with Crippen LogP contribution < -0.4 is 5.73 Å². The first kappa shape index (κ1) is 21.0. The van der Waals surface area contributed by atoms with Crippen LogP contribution >= 0.6 is 58.0 Å². The maximum absolute atomic E-state index is 12.5. The largest absolute Gasteiger partial charge is 0.456 e. The van der Waals surface area contributed by atoms with Gasteiger partial charge in [-0.25, -0.2) is 14.8 Å². The van der Waals surface area contributed by atoms with Gasteiger partial charge in [-0.2, -0.15) is 0 Å². The number of nitrogens with two attached hydrogens (primary N) is 1. The number of nitrogen functional groups attached to an aromatic ring is 1. The summed E-state index contributed by atoms with van der Waals surface area (Å²) < 4.78 is 5.26. The zero-order valence-electron chi connectivity index (χ0n) is 13.8. The highest BCUT2D eigenvalue weighted by atomic mass is 35.5. The minimum Gasteiger partial charge on any atom is -0.456 e. The molecular weight excluding hydrogens is 467 g/mol. The minimum absolute atomic E-state index is 0.0869. The van der Waals surface area contributed by atoms with Gasteiger partial charge in [0.2, 0.25) is 0 Å². The summed E-state index contributed by atoms with van der Waals surface area (Å²) in [4.78, 5) is 20.8. The Morgan fingerprint density at radius 1 is 0.929 bits per heavy atom. The molecule has 3 aromatic rings. The molecular formula is C18H10Cl5N3O2. The molecule has 0 unspecified atom stereocenters. The molecule has 10 heteroatoms. The molecule has 0 bridgehead atoms. The van der Waals surface area contributed by atoms with E-state index < -0.39 is 5.97 Å². The molecule has 0 fully saturated rings. The minimum atomic E-state index is -0.790. The van der Waals surface area contributed by atoms with Gasteiger partial charge in [0.05, 0.1) is 5.02 Å². The third-order valence-corrected chi connectivity index (χ3v) is 4.89. The van der Waals surface area contributed by atoms with Crippen LogP contribution in [0.4, 0.5) is 5.82 Å². The first-order valence-corrected chi connectivity index (χ1v) is 9.54. The van der Waals surface area contributed by atoms with Crippen molar-refractivity contribution in [1.29, 1.82) is 0 Å². The molecule has 0 amide bonds. The lowest BCUT2D eigenvalue weighted by molar-refractivity contribution is 0.0466. The van der Waals surface area contributed by atoms with Crippen molar-refractivity contribution >= 4 is 69.8 Å². The first-order valence-electron chi connectivity index (χ1n) is 7.65. The van der Waals surface area contributed by atoms with Gasteiger partial charge in [0.25, 0.3) is 0 Å². The molecule has 3 rings (SSSR count). The molecule has 0 aliphatic rings. The molecule has 0 radical (unpaired) electrons. The molecule has 144 valence electrons. The Morgan fingerprint density at radius 2 is 1.61 bits per heavy atom. The number of carbonyl (C=O) groups excluding carboxylic acids is 1. The third-order valence-electron chi connectivity index (χ3n) is 3.53. The summed E-state index contributed by atoms with van der Waals surface area (Å²) in [5, 5.41) is 1.45. The van der Waals surface area contributed by atoms with Crippen molar-refractivity contribution in [2.45, 2.75) is 6.61 Å². The normalized spacial score (nSPS) is 10.8. The summed E-state index contributed by atoms with van der Waals surface area (Å²) in [7, 11) is 0. The van der Waals surface area contributed by atoms with Crippen molar-refractivity contribution in [2.75, 3.05) is 5.73 Å². The fourth-order valence-corrected chi connectivity index (χ4v) is 3.53. The zero-order valence-corrected chi connectivity index (χ0v) is 17.6. The summed E-state index contributed by atoms with van der Waals surface area (Å²) >= 11 is 30.1. The lowest BCUT2D eigenvalue weighted by Gasteiger charge is -2.10. The number of ether oxygens (including phenoxy) is 1. The Morgan fingerprint density at radius 3 is 2.25 bits per heavy atom.